The summed E-state index contributed by atoms with van der Waals surface area (Å²) >= 11 is 0. The second-order valence-electron chi connectivity index (χ2n) is 9.62. The number of carbonyl (C=O) groups is 2. The summed E-state index contributed by atoms with van der Waals surface area (Å²) < 4.78 is 7.51. The van der Waals surface area contributed by atoms with Gasteiger partial charge in [-0.15, -0.1) is 0 Å². The lowest BCUT2D eigenvalue weighted by molar-refractivity contribution is 0.0914. The lowest BCUT2D eigenvalue weighted by Crippen LogP contribution is -2.40. The maximum atomic E-state index is 13.3. The molecule has 2 N–H and O–H groups in total. The van der Waals surface area contributed by atoms with E-state index in [-0.39, 0.29) is 23.3 Å². The Labute approximate surface area is 206 Å². The van der Waals surface area contributed by atoms with Crippen LogP contribution in [0, 0.1) is 0 Å². The zero-order valence-electron chi connectivity index (χ0n) is 20.3. The van der Waals surface area contributed by atoms with E-state index in [1.165, 1.54) is 19.3 Å². The van der Waals surface area contributed by atoms with Gasteiger partial charge in [-0.25, -0.2) is 0 Å². The first-order chi connectivity index (χ1) is 17.1. The van der Waals surface area contributed by atoms with Gasteiger partial charge in [0, 0.05) is 50.5 Å². The van der Waals surface area contributed by atoms with Crippen LogP contribution in [0.2, 0.25) is 0 Å². The molecule has 2 aromatic heterocycles. The predicted molar refractivity (Wildman–Crippen MR) is 134 cm³/mol. The molecule has 35 heavy (non-hydrogen) atoms. The number of hydrogen-bond acceptors (Lipinski definition) is 5. The van der Waals surface area contributed by atoms with Crippen molar-refractivity contribution in [3.63, 3.8) is 0 Å². The van der Waals surface area contributed by atoms with E-state index in [1.807, 2.05) is 12.1 Å². The number of carbonyl (C=O) groups excluding carboxylic acids is 2. The van der Waals surface area contributed by atoms with Crippen molar-refractivity contribution in [2.24, 2.45) is 0 Å². The van der Waals surface area contributed by atoms with Crippen LogP contribution in [0.5, 0.6) is 0 Å². The fourth-order valence-electron chi connectivity index (χ4n) is 4.91. The fraction of sp³-hybridized carbons (Fsp3) is 0.556. The van der Waals surface area contributed by atoms with Crippen LogP contribution in [0.1, 0.15) is 84.1 Å². The summed E-state index contributed by atoms with van der Waals surface area (Å²) in [6.07, 6.45) is 16.7. The third-order valence-electron chi connectivity index (χ3n) is 6.90. The molecule has 1 saturated heterocycles. The van der Waals surface area contributed by atoms with E-state index >= 15 is 0 Å². The Hall–Kier alpha value is -3.00. The molecule has 1 aliphatic heterocycles. The van der Waals surface area contributed by atoms with Gasteiger partial charge in [-0.2, -0.15) is 0 Å². The Bertz CT molecular complexity index is 1040. The van der Waals surface area contributed by atoms with Gasteiger partial charge >= 0.3 is 0 Å². The number of nitrogens with zero attached hydrogens (tertiary/aromatic N) is 2. The standard InChI is InChI=1S/C27H36N4O4/c32-25-23(26(33)29-15-12-20-10-13-28-14-11-20)18-31(17-22-9-6-16-35-22)19-24(25)27(34)30-21-7-4-2-1-3-5-8-21/h10-11,13-14,18-19,21-22H,1-9,12,15-17H2,(H,29,33)(H,30,34)/t22-/m0/s1. The SMILES string of the molecule is O=C(NCCc1ccncc1)c1cn(C[C@@H]2CCCO2)cc(C(=O)NC2CCCCCCC2)c1=O. The maximum Gasteiger partial charge on any atom is 0.256 e. The highest BCUT2D eigenvalue weighted by Crippen LogP contribution is 2.18. The monoisotopic (exact) mass is 480 g/mol. The number of ether oxygens (including phenoxy) is 1. The highest BCUT2D eigenvalue weighted by atomic mass is 16.5. The van der Waals surface area contributed by atoms with Gasteiger partial charge < -0.3 is 19.9 Å². The van der Waals surface area contributed by atoms with E-state index in [0.717, 1.165) is 44.1 Å². The van der Waals surface area contributed by atoms with Crippen molar-refractivity contribution < 1.29 is 14.3 Å². The molecule has 2 fully saturated rings. The summed E-state index contributed by atoms with van der Waals surface area (Å²) in [7, 11) is 0. The van der Waals surface area contributed by atoms with Gasteiger partial charge in [0.15, 0.2) is 0 Å². The van der Waals surface area contributed by atoms with Crippen molar-refractivity contribution in [1.82, 2.24) is 20.2 Å². The first-order valence-corrected chi connectivity index (χ1v) is 12.9. The maximum absolute atomic E-state index is 13.3. The van der Waals surface area contributed by atoms with E-state index in [2.05, 4.69) is 15.6 Å². The third kappa shape index (κ3) is 7.24. The number of rotatable bonds is 8. The minimum absolute atomic E-state index is 0.0111. The van der Waals surface area contributed by atoms with Crippen LogP contribution in [-0.2, 0) is 17.7 Å². The smallest absolute Gasteiger partial charge is 0.256 e. The van der Waals surface area contributed by atoms with Crippen LogP contribution in [0.25, 0.3) is 0 Å². The summed E-state index contributed by atoms with van der Waals surface area (Å²) in [5, 5.41) is 5.91. The number of amides is 2. The average molecular weight is 481 g/mol. The molecule has 188 valence electrons. The van der Waals surface area contributed by atoms with Crippen LogP contribution in [0.3, 0.4) is 0 Å². The summed E-state index contributed by atoms with van der Waals surface area (Å²) in [5.74, 6) is -0.862. The quantitative estimate of drug-likeness (QED) is 0.604. The molecule has 0 radical (unpaired) electrons. The summed E-state index contributed by atoms with van der Waals surface area (Å²) in [5.41, 5.74) is 0.525. The molecule has 0 aromatic carbocycles. The van der Waals surface area contributed by atoms with Crippen LogP contribution in [-0.4, -0.2) is 46.7 Å². The Kier molecular flexibility index (Phi) is 9.06. The van der Waals surface area contributed by atoms with Gasteiger partial charge in [0.2, 0.25) is 5.43 Å². The van der Waals surface area contributed by atoms with Gasteiger partial charge in [0.05, 0.1) is 6.10 Å². The van der Waals surface area contributed by atoms with E-state index in [1.54, 1.807) is 29.4 Å². The molecular weight excluding hydrogens is 444 g/mol. The lowest BCUT2D eigenvalue weighted by atomic mass is 9.96. The lowest BCUT2D eigenvalue weighted by Gasteiger charge is -2.21. The molecular formula is C27H36N4O4. The van der Waals surface area contributed by atoms with Gasteiger partial charge in [0.1, 0.15) is 11.1 Å². The summed E-state index contributed by atoms with van der Waals surface area (Å²) in [4.78, 5) is 43.5. The summed E-state index contributed by atoms with van der Waals surface area (Å²) in [6.45, 7) is 1.59. The molecule has 2 amide bonds. The number of pyridine rings is 2. The number of aromatic nitrogens is 2. The molecule has 8 heteroatoms. The Morgan fingerprint density at radius 1 is 0.943 bits per heavy atom. The molecule has 2 aromatic rings. The van der Waals surface area contributed by atoms with Crippen molar-refractivity contribution >= 4 is 11.8 Å². The third-order valence-corrected chi connectivity index (χ3v) is 6.90. The van der Waals surface area contributed by atoms with Crippen LogP contribution < -0.4 is 16.1 Å². The normalized spacial score (nSPS) is 19.0. The Balaban J connectivity index is 1.51. The predicted octanol–water partition coefficient (Wildman–Crippen LogP) is 3.24. The Morgan fingerprint density at radius 3 is 2.31 bits per heavy atom. The second kappa shape index (κ2) is 12.6. The number of nitrogens with one attached hydrogen (secondary N) is 2. The van der Waals surface area contributed by atoms with Crippen molar-refractivity contribution in [3.05, 3.63) is 63.8 Å². The molecule has 8 nitrogen and oxygen atoms in total. The molecule has 0 bridgehead atoms. The zero-order valence-corrected chi connectivity index (χ0v) is 20.3. The van der Waals surface area contributed by atoms with Crippen molar-refractivity contribution in [3.8, 4) is 0 Å². The minimum atomic E-state index is -0.529. The fourth-order valence-corrected chi connectivity index (χ4v) is 4.91. The second-order valence-corrected chi connectivity index (χ2v) is 9.62. The molecule has 4 rings (SSSR count). The van der Waals surface area contributed by atoms with Gasteiger partial charge in [-0.05, 0) is 49.8 Å². The number of hydrogen-bond donors (Lipinski definition) is 2. The van der Waals surface area contributed by atoms with Gasteiger partial charge in [-0.1, -0.05) is 32.1 Å². The molecule has 0 spiro atoms. The van der Waals surface area contributed by atoms with E-state index in [0.29, 0.717) is 26.1 Å². The molecule has 2 aliphatic rings. The largest absolute Gasteiger partial charge is 0.376 e. The van der Waals surface area contributed by atoms with Gasteiger partial charge in [0.25, 0.3) is 11.8 Å². The van der Waals surface area contributed by atoms with Gasteiger partial charge in [-0.3, -0.25) is 19.4 Å². The first kappa shape index (κ1) is 25.1. The van der Waals surface area contributed by atoms with E-state index < -0.39 is 17.2 Å². The highest BCUT2D eigenvalue weighted by molar-refractivity contribution is 5.99. The van der Waals surface area contributed by atoms with Crippen LogP contribution in [0.15, 0.2) is 41.7 Å². The molecule has 0 unspecified atom stereocenters. The van der Waals surface area contributed by atoms with Crippen LogP contribution >= 0.6 is 0 Å². The molecule has 1 atom stereocenters. The topological polar surface area (TPSA) is 102 Å². The molecule has 1 aliphatic carbocycles. The first-order valence-electron chi connectivity index (χ1n) is 12.9. The van der Waals surface area contributed by atoms with E-state index in [4.69, 9.17) is 4.74 Å². The van der Waals surface area contributed by atoms with Crippen molar-refractivity contribution in [2.45, 2.75) is 82.9 Å². The molecule has 1 saturated carbocycles. The van der Waals surface area contributed by atoms with Crippen molar-refractivity contribution in [1.29, 1.82) is 0 Å². The summed E-state index contributed by atoms with van der Waals surface area (Å²) in [6, 6.07) is 3.84. The van der Waals surface area contributed by atoms with Crippen LogP contribution in [0.4, 0.5) is 0 Å². The van der Waals surface area contributed by atoms with E-state index in [9.17, 15) is 14.4 Å². The molecule has 3 heterocycles. The Morgan fingerprint density at radius 2 is 1.63 bits per heavy atom. The van der Waals surface area contributed by atoms with Crippen molar-refractivity contribution in [2.75, 3.05) is 13.2 Å². The zero-order chi connectivity index (χ0) is 24.5. The average Bonchev–Trinajstić information content (AvgIpc) is 3.35. The minimum Gasteiger partial charge on any atom is -0.376 e. The highest BCUT2D eigenvalue weighted by Gasteiger charge is 2.23.